The lowest BCUT2D eigenvalue weighted by Gasteiger charge is -2.06. The van der Waals surface area contributed by atoms with Crippen molar-refractivity contribution in [2.75, 3.05) is 12.9 Å². The molecule has 0 aliphatic heterocycles. The Balaban J connectivity index is 1.80. The van der Waals surface area contributed by atoms with Crippen molar-refractivity contribution in [3.8, 4) is 22.8 Å². The second kappa shape index (κ2) is 8.15. The van der Waals surface area contributed by atoms with E-state index >= 15 is 0 Å². The molecular weight excluding hydrogens is 406 g/mol. The molecule has 0 fully saturated rings. The molecule has 10 heteroatoms. The number of carbonyl (C=O) groups excluding carboxylic acids is 1. The van der Waals surface area contributed by atoms with Gasteiger partial charge in [-0.05, 0) is 13.2 Å². The van der Waals surface area contributed by atoms with Gasteiger partial charge in [-0.2, -0.15) is 9.50 Å². The second-order valence-corrected chi connectivity index (χ2v) is 7.36. The topological polar surface area (TPSA) is 115 Å². The van der Waals surface area contributed by atoms with Gasteiger partial charge in [0.05, 0.1) is 6.61 Å². The van der Waals surface area contributed by atoms with Crippen molar-refractivity contribution in [1.29, 1.82) is 0 Å². The van der Waals surface area contributed by atoms with E-state index in [0.29, 0.717) is 33.3 Å². The van der Waals surface area contributed by atoms with Gasteiger partial charge in [0, 0.05) is 30.2 Å². The van der Waals surface area contributed by atoms with Crippen LogP contribution in [0.25, 0.3) is 28.5 Å². The lowest BCUT2D eigenvalue weighted by Crippen LogP contribution is -2.23. The number of benzene rings is 1. The Morgan fingerprint density at radius 1 is 1.27 bits per heavy atom. The van der Waals surface area contributed by atoms with Crippen LogP contribution in [0.5, 0.6) is 0 Å². The van der Waals surface area contributed by atoms with Crippen LogP contribution in [0.1, 0.15) is 18.2 Å². The third kappa shape index (κ3) is 3.61. The highest BCUT2D eigenvalue weighted by Gasteiger charge is 2.23. The summed E-state index contributed by atoms with van der Waals surface area (Å²) in [6.07, 6.45) is 2.16. The Hall–Kier alpha value is -3.40. The highest BCUT2D eigenvalue weighted by Crippen LogP contribution is 2.32. The second-order valence-electron chi connectivity index (χ2n) is 6.54. The van der Waals surface area contributed by atoms with E-state index in [4.69, 9.17) is 9.26 Å². The first-order chi connectivity index (χ1) is 14.5. The number of nitrogens with zero attached hydrogens (tertiary/aromatic N) is 4. The maximum absolute atomic E-state index is 13.0. The Morgan fingerprint density at radius 2 is 2.03 bits per heavy atom. The minimum Gasteiger partial charge on any atom is -0.466 e. The van der Waals surface area contributed by atoms with Crippen molar-refractivity contribution in [1.82, 2.24) is 24.7 Å². The lowest BCUT2D eigenvalue weighted by molar-refractivity contribution is -0.140. The smallest absolute Gasteiger partial charge is 0.302 e. The standard InChI is InChI=1S/C20H19N5O4S/c1-11-14(9-10-28-12(2)26)20(27)25-17(21-11)15(19(23-25)30-3)18-22-16(24-29-18)13-7-5-4-6-8-13/h4-8,23H,9-10H2,1-3H3. The van der Waals surface area contributed by atoms with E-state index in [2.05, 4.69) is 20.2 Å². The number of hydrogen-bond acceptors (Lipinski definition) is 8. The van der Waals surface area contributed by atoms with E-state index in [-0.39, 0.29) is 30.4 Å². The maximum atomic E-state index is 13.0. The summed E-state index contributed by atoms with van der Waals surface area (Å²) in [6.45, 7) is 3.20. The van der Waals surface area contributed by atoms with Gasteiger partial charge in [0.2, 0.25) is 5.82 Å². The van der Waals surface area contributed by atoms with Gasteiger partial charge in [-0.1, -0.05) is 35.5 Å². The molecule has 30 heavy (non-hydrogen) atoms. The number of ether oxygens (including phenoxy) is 1. The summed E-state index contributed by atoms with van der Waals surface area (Å²) in [5, 5.41) is 7.82. The number of aromatic amines is 1. The van der Waals surface area contributed by atoms with Crippen molar-refractivity contribution in [2.24, 2.45) is 0 Å². The Labute approximate surface area is 175 Å². The molecule has 1 N–H and O–H groups in total. The first-order valence-corrected chi connectivity index (χ1v) is 10.4. The Kier molecular flexibility index (Phi) is 5.40. The van der Waals surface area contributed by atoms with E-state index in [1.165, 1.54) is 23.2 Å². The van der Waals surface area contributed by atoms with Gasteiger partial charge in [-0.25, -0.2) is 4.98 Å². The van der Waals surface area contributed by atoms with E-state index < -0.39 is 0 Å². The average Bonchev–Trinajstić information content (AvgIpc) is 3.35. The maximum Gasteiger partial charge on any atom is 0.302 e. The first kappa shape index (κ1) is 19.9. The Bertz CT molecular complexity index is 1280. The molecule has 0 spiro atoms. The summed E-state index contributed by atoms with van der Waals surface area (Å²) < 4.78 is 11.8. The van der Waals surface area contributed by atoms with Gasteiger partial charge < -0.3 is 9.26 Å². The summed E-state index contributed by atoms with van der Waals surface area (Å²) in [6, 6.07) is 9.48. The van der Waals surface area contributed by atoms with Crippen molar-refractivity contribution in [3.05, 3.63) is 51.9 Å². The molecule has 0 aliphatic rings. The number of esters is 1. The zero-order valence-corrected chi connectivity index (χ0v) is 17.4. The van der Waals surface area contributed by atoms with Gasteiger partial charge in [-0.3, -0.25) is 14.7 Å². The fourth-order valence-electron chi connectivity index (χ4n) is 3.15. The van der Waals surface area contributed by atoms with Crippen molar-refractivity contribution in [2.45, 2.75) is 25.3 Å². The number of thioether (sulfide) groups is 1. The molecule has 3 aromatic heterocycles. The molecule has 0 saturated carbocycles. The average molecular weight is 425 g/mol. The molecule has 4 rings (SSSR count). The predicted molar refractivity (Wildman–Crippen MR) is 111 cm³/mol. The zero-order chi connectivity index (χ0) is 21.3. The molecule has 1 aromatic carbocycles. The minimum atomic E-state index is -0.390. The van der Waals surface area contributed by atoms with Crippen molar-refractivity contribution >= 4 is 23.4 Å². The Morgan fingerprint density at radius 3 is 2.73 bits per heavy atom. The fraction of sp³-hybridized carbons (Fsp3) is 0.250. The SMILES string of the molecule is CSc1[nH]n2c(=O)c(CCOC(C)=O)c(C)nc2c1-c1nc(-c2ccccc2)no1. The summed E-state index contributed by atoms with van der Waals surface area (Å²) in [7, 11) is 0. The molecule has 9 nitrogen and oxygen atoms in total. The summed E-state index contributed by atoms with van der Waals surface area (Å²) in [5.41, 5.74) is 2.58. The monoisotopic (exact) mass is 425 g/mol. The fourth-order valence-corrected chi connectivity index (χ4v) is 3.71. The third-order valence-corrected chi connectivity index (χ3v) is 5.28. The quantitative estimate of drug-likeness (QED) is 0.370. The molecule has 0 atom stereocenters. The van der Waals surface area contributed by atoms with Gasteiger partial charge in [0.25, 0.3) is 11.4 Å². The molecule has 0 bridgehead atoms. The van der Waals surface area contributed by atoms with Crippen LogP contribution in [0.2, 0.25) is 0 Å². The van der Waals surface area contributed by atoms with Crippen LogP contribution in [0, 0.1) is 6.92 Å². The number of fused-ring (bicyclic) bond motifs is 1. The molecule has 0 saturated heterocycles. The van der Waals surface area contributed by atoms with Gasteiger partial charge in [-0.15, -0.1) is 11.8 Å². The highest BCUT2D eigenvalue weighted by molar-refractivity contribution is 7.98. The number of rotatable bonds is 6. The summed E-state index contributed by atoms with van der Waals surface area (Å²) in [5.74, 6) is 0.337. The molecule has 0 unspecified atom stereocenters. The first-order valence-electron chi connectivity index (χ1n) is 9.20. The number of aromatic nitrogens is 5. The van der Waals surface area contributed by atoms with E-state index in [1.807, 2.05) is 36.6 Å². The van der Waals surface area contributed by atoms with Crippen molar-refractivity contribution < 1.29 is 14.1 Å². The number of hydrogen-bond donors (Lipinski definition) is 1. The molecular formula is C20H19N5O4S. The summed E-state index contributed by atoms with van der Waals surface area (Å²) >= 11 is 1.41. The van der Waals surface area contributed by atoms with Crippen LogP contribution in [0.15, 0.2) is 44.7 Å². The summed E-state index contributed by atoms with van der Waals surface area (Å²) in [4.78, 5) is 33.2. The number of nitrogens with one attached hydrogen (secondary N) is 1. The van der Waals surface area contributed by atoms with Crippen LogP contribution in [-0.2, 0) is 16.0 Å². The molecule has 3 heterocycles. The molecule has 154 valence electrons. The van der Waals surface area contributed by atoms with E-state index in [0.717, 1.165) is 5.56 Å². The van der Waals surface area contributed by atoms with Crippen molar-refractivity contribution in [3.63, 3.8) is 0 Å². The zero-order valence-electron chi connectivity index (χ0n) is 16.6. The third-order valence-electron chi connectivity index (χ3n) is 4.58. The number of aryl methyl sites for hydroxylation is 1. The lowest BCUT2D eigenvalue weighted by atomic mass is 10.2. The predicted octanol–water partition coefficient (Wildman–Crippen LogP) is 2.88. The van der Waals surface area contributed by atoms with E-state index in [1.54, 1.807) is 6.92 Å². The minimum absolute atomic E-state index is 0.117. The van der Waals surface area contributed by atoms with Crippen LogP contribution < -0.4 is 5.56 Å². The largest absolute Gasteiger partial charge is 0.466 e. The van der Waals surface area contributed by atoms with Gasteiger partial charge in [0.1, 0.15) is 10.6 Å². The van der Waals surface area contributed by atoms with Crippen LogP contribution in [0.4, 0.5) is 0 Å². The highest BCUT2D eigenvalue weighted by atomic mass is 32.2. The van der Waals surface area contributed by atoms with Crippen LogP contribution in [-0.4, -0.2) is 43.6 Å². The molecule has 0 amide bonds. The number of H-pyrrole nitrogens is 1. The van der Waals surface area contributed by atoms with Crippen LogP contribution in [0.3, 0.4) is 0 Å². The van der Waals surface area contributed by atoms with Crippen LogP contribution >= 0.6 is 11.8 Å². The molecule has 0 radical (unpaired) electrons. The van der Waals surface area contributed by atoms with Gasteiger partial charge >= 0.3 is 5.97 Å². The van der Waals surface area contributed by atoms with E-state index in [9.17, 15) is 9.59 Å². The molecule has 4 aromatic rings. The normalized spacial score (nSPS) is 11.2. The van der Waals surface area contributed by atoms with Gasteiger partial charge in [0.15, 0.2) is 5.65 Å². The number of carbonyl (C=O) groups is 1. The molecule has 0 aliphatic carbocycles.